The highest BCUT2D eigenvalue weighted by Crippen LogP contribution is 2.19. The smallest absolute Gasteiger partial charge is 0.251 e. The van der Waals surface area contributed by atoms with E-state index in [1.807, 2.05) is 0 Å². The summed E-state index contributed by atoms with van der Waals surface area (Å²) in [5, 5.41) is 2.88. The maximum atomic E-state index is 11.8. The van der Waals surface area contributed by atoms with Crippen LogP contribution in [0.1, 0.15) is 42.5 Å². The Morgan fingerprint density at radius 1 is 1.30 bits per heavy atom. The average Bonchev–Trinajstić information content (AvgIpc) is 2.49. The Balaban J connectivity index is 1.55. The summed E-state index contributed by atoms with van der Waals surface area (Å²) in [5.74, 6) is -0.0592. The van der Waals surface area contributed by atoms with E-state index >= 15 is 0 Å². The average molecular weight is 277 g/mol. The Labute approximate surface area is 119 Å². The SMILES string of the molecule is NC1CCC(OCCCNC(=O)c2ccncc2)CC1. The molecule has 0 bridgehead atoms. The van der Waals surface area contributed by atoms with Gasteiger partial charge in [0.25, 0.3) is 5.91 Å². The van der Waals surface area contributed by atoms with Crippen molar-refractivity contribution in [2.45, 2.75) is 44.2 Å². The monoisotopic (exact) mass is 277 g/mol. The fourth-order valence-corrected chi connectivity index (χ4v) is 2.38. The maximum Gasteiger partial charge on any atom is 0.251 e. The standard InChI is InChI=1S/C15H23N3O2/c16-13-2-4-14(5-3-13)20-11-1-8-18-15(19)12-6-9-17-10-7-12/h6-7,9-10,13-14H,1-5,8,11,16H2,(H,18,19). The predicted octanol–water partition coefficient (Wildman–Crippen LogP) is 1.49. The molecule has 0 radical (unpaired) electrons. The van der Waals surface area contributed by atoms with Crippen LogP contribution in [0, 0.1) is 0 Å². The van der Waals surface area contributed by atoms with Gasteiger partial charge < -0.3 is 15.8 Å². The molecule has 1 fully saturated rings. The van der Waals surface area contributed by atoms with Crippen LogP contribution in [0.15, 0.2) is 24.5 Å². The van der Waals surface area contributed by atoms with Gasteiger partial charge in [0.05, 0.1) is 6.10 Å². The second-order valence-corrected chi connectivity index (χ2v) is 5.25. The molecule has 1 aromatic rings. The molecule has 110 valence electrons. The Morgan fingerprint density at radius 2 is 2.00 bits per heavy atom. The van der Waals surface area contributed by atoms with Crippen molar-refractivity contribution in [3.63, 3.8) is 0 Å². The van der Waals surface area contributed by atoms with Crippen molar-refractivity contribution in [3.8, 4) is 0 Å². The lowest BCUT2D eigenvalue weighted by molar-refractivity contribution is 0.0241. The number of ether oxygens (including phenoxy) is 1. The number of pyridine rings is 1. The number of hydrogen-bond acceptors (Lipinski definition) is 4. The number of carbonyl (C=O) groups excluding carboxylic acids is 1. The quantitative estimate of drug-likeness (QED) is 0.772. The summed E-state index contributed by atoms with van der Waals surface area (Å²) in [6.45, 7) is 1.32. The molecule has 1 aliphatic rings. The van der Waals surface area contributed by atoms with Crippen molar-refractivity contribution in [3.05, 3.63) is 30.1 Å². The lowest BCUT2D eigenvalue weighted by Gasteiger charge is -2.26. The van der Waals surface area contributed by atoms with Crippen LogP contribution < -0.4 is 11.1 Å². The van der Waals surface area contributed by atoms with Gasteiger partial charge in [-0.05, 0) is 44.2 Å². The molecule has 0 saturated heterocycles. The molecule has 1 amide bonds. The molecule has 5 heteroatoms. The number of rotatable bonds is 6. The maximum absolute atomic E-state index is 11.8. The van der Waals surface area contributed by atoms with E-state index in [0.717, 1.165) is 32.1 Å². The van der Waals surface area contributed by atoms with Gasteiger partial charge in [-0.2, -0.15) is 0 Å². The van der Waals surface area contributed by atoms with E-state index in [1.54, 1.807) is 24.5 Å². The third-order valence-electron chi connectivity index (χ3n) is 3.62. The lowest BCUT2D eigenvalue weighted by Crippen LogP contribution is -2.31. The molecule has 1 aromatic heterocycles. The van der Waals surface area contributed by atoms with Gasteiger partial charge in [0.15, 0.2) is 0 Å². The molecule has 0 aromatic carbocycles. The van der Waals surface area contributed by atoms with Crippen molar-refractivity contribution in [1.29, 1.82) is 0 Å². The summed E-state index contributed by atoms with van der Waals surface area (Å²) in [6, 6.07) is 3.77. The summed E-state index contributed by atoms with van der Waals surface area (Å²) in [4.78, 5) is 15.6. The fourth-order valence-electron chi connectivity index (χ4n) is 2.38. The zero-order valence-corrected chi connectivity index (χ0v) is 11.8. The van der Waals surface area contributed by atoms with Crippen molar-refractivity contribution in [1.82, 2.24) is 10.3 Å². The van der Waals surface area contributed by atoms with Gasteiger partial charge in [0.1, 0.15) is 0 Å². The number of amides is 1. The first-order valence-electron chi connectivity index (χ1n) is 7.31. The van der Waals surface area contributed by atoms with Gasteiger partial charge >= 0.3 is 0 Å². The van der Waals surface area contributed by atoms with Crippen molar-refractivity contribution >= 4 is 5.91 Å². The van der Waals surface area contributed by atoms with E-state index < -0.39 is 0 Å². The summed E-state index contributed by atoms with van der Waals surface area (Å²) in [6.07, 6.45) is 8.66. The van der Waals surface area contributed by atoms with Crippen LogP contribution in [0.3, 0.4) is 0 Å². The Hall–Kier alpha value is -1.46. The first-order valence-corrected chi connectivity index (χ1v) is 7.31. The molecule has 0 unspecified atom stereocenters. The zero-order chi connectivity index (χ0) is 14.2. The van der Waals surface area contributed by atoms with E-state index in [4.69, 9.17) is 10.5 Å². The molecule has 0 aliphatic heterocycles. The molecular formula is C15H23N3O2. The van der Waals surface area contributed by atoms with Crippen LogP contribution in [0.2, 0.25) is 0 Å². The molecule has 3 N–H and O–H groups in total. The van der Waals surface area contributed by atoms with Gasteiger partial charge in [-0.3, -0.25) is 9.78 Å². The Kier molecular flexibility index (Phi) is 5.95. The highest BCUT2D eigenvalue weighted by atomic mass is 16.5. The van der Waals surface area contributed by atoms with E-state index in [1.165, 1.54) is 0 Å². The third kappa shape index (κ3) is 4.90. The van der Waals surface area contributed by atoms with Crippen molar-refractivity contribution in [2.75, 3.05) is 13.2 Å². The normalized spacial score (nSPS) is 22.4. The minimum absolute atomic E-state index is 0.0592. The summed E-state index contributed by atoms with van der Waals surface area (Å²) in [7, 11) is 0. The fraction of sp³-hybridized carbons (Fsp3) is 0.600. The molecule has 1 saturated carbocycles. The van der Waals surface area contributed by atoms with Crippen LogP contribution in [-0.4, -0.2) is 36.2 Å². The van der Waals surface area contributed by atoms with E-state index in [-0.39, 0.29) is 5.91 Å². The number of carbonyl (C=O) groups is 1. The van der Waals surface area contributed by atoms with Crippen LogP contribution in [0.4, 0.5) is 0 Å². The van der Waals surface area contributed by atoms with Gasteiger partial charge in [-0.25, -0.2) is 0 Å². The number of nitrogens with two attached hydrogens (primary N) is 1. The minimum Gasteiger partial charge on any atom is -0.378 e. The molecule has 5 nitrogen and oxygen atoms in total. The summed E-state index contributed by atoms with van der Waals surface area (Å²) >= 11 is 0. The molecule has 2 rings (SSSR count). The topological polar surface area (TPSA) is 77.2 Å². The van der Waals surface area contributed by atoms with Crippen molar-refractivity contribution in [2.24, 2.45) is 5.73 Å². The third-order valence-corrected chi connectivity index (χ3v) is 3.62. The molecule has 20 heavy (non-hydrogen) atoms. The van der Waals surface area contributed by atoms with Crippen molar-refractivity contribution < 1.29 is 9.53 Å². The van der Waals surface area contributed by atoms with Gasteiger partial charge in [0, 0.05) is 37.2 Å². The second kappa shape index (κ2) is 7.97. The number of hydrogen-bond donors (Lipinski definition) is 2. The Morgan fingerprint density at radius 3 is 2.70 bits per heavy atom. The first kappa shape index (κ1) is 14.9. The van der Waals surface area contributed by atoms with Gasteiger partial charge in [-0.15, -0.1) is 0 Å². The van der Waals surface area contributed by atoms with Gasteiger partial charge in [0.2, 0.25) is 0 Å². The lowest BCUT2D eigenvalue weighted by atomic mass is 9.94. The first-order chi connectivity index (χ1) is 9.75. The Bertz CT molecular complexity index is 403. The number of nitrogens with one attached hydrogen (secondary N) is 1. The van der Waals surface area contributed by atoms with Crippen LogP contribution >= 0.6 is 0 Å². The summed E-state index contributed by atoms with van der Waals surface area (Å²) in [5.41, 5.74) is 6.50. The second-order valence-electron chi connectivity index (χ2n) is 5.25. The highest BCUT2D eigenvalue weighted by Gasteiger charge is 2.18. The van der Waals surface area contributed by atoms with Crippen LogP contribution in [0.5, 0.6) is 0 Å². The molecule has 0 spiro atoms. The van der Waals surface area contributed by atoms with Crippen LogP contribution in [0.25, 0.3) is 0 Å². The zero-order valence-electron chi connectivity index (χ0n) is 11.8. The predicted molar refractivity (Wildman–Crippen MR) is 77.4 cm³/mol. The number of nitrogens with zero attached hydrogens (tertiary/aromatic N) is 1. The molecule has 1 heterocycles. The van der Waals surface area contributed by atoms with Crippen LogP contribution in [-0.2, 0) is 4.74 Å². The molecular weight excluding hydrogens is 254 g/mol. The highest BCUT2D eigenvalue weighted by molar-refractivity contribution is 5.93. The largest absolute Gasteiger partial charge is 0.378 e. The number of aromatic nitrogens is 1. The molecule has 1 aliphatic carbocycles. The van der Waals surface area contributed by atoms with E-state index in [0.29, 0.717) is 30.9 Å². The van der Waals surface area contributed by atoms with E-state index in [9.17, 15) is 4.79 Å². The minimum atomic E-state index is -0.0592. The van der Waals surface area contributed by atoms with E-state index in [2.05, 4.69) is 10.3 Å². The van der Waals surface area contributed by atoms with Gasteiger partial charge in [-0.1, -0.05) is 0 Å². The summed E-state index contributed by atoms with van der Waals surface area (Å²) < 4.78 is 5.80. The molecule has 0 atom stereocenters.